The van der Waals surface area contributed by atoms with Gasteiger partial charge in [-0.15, -0.1) is 0 Å². The van der Waals surface area contributed by atoms with Crippen molar-refractivity contribution < 1.29 is 15.0 Å². The van der Waals surface area contributed by atoms with Crippen molar-refractivity contribution in [1.82, 2.24) is 10.4 Å². The first kappa shape index (κ1) is 13.2. The SMILES string of the molecule is Cc1c(-c2ccc3c(c2)CNN3)[nH]c(=O)c(C(=O)O)c1O. The Labute approximate surface area is 119 Å². The third-order valence-corrected chi connectivity index (χ3v) is 3.54. The van der Waals surface area contributed by atoms with Crippen molar-refractivity contribution in [3.05, 3.63) is 45.2 Å². The highest BCUT2D eigenvalue weighted by Crippen LogP contribution is 2.31. The van der Waals surface area contributed by atoms with Gasteiger partial charge in [0.1, 0.15) is 5.75 Å². The summed E-state index contributed by atoms with van der Waals surface area (Å²) in [6.45, 7) is 2.21. The van der Waals surface area contributed by atoms with E-state index in [-0.39, 0.29) is 0 Å². The number of aromatic nitrogens is 1. The summed E-state index contributed by atoms with van der Waals surface area (Å²) in [7, 11) is 0. The Morgan fingerprint density at radius 1 is 1.33 bits per heavy atom. The summed E-state index contributed by atoms with van der Waals surface area (Å²) in [6.07, 6.45) is 0. The fourth-order valence-electron chi connectivity index (χ4n) is 2.42. The molecule has 0 atom stereocenters. The number of carbonyl (C=O) groups is 1. The second-order valence-corrected chi connectivity index (χ2v) is 4.83. The number of H-pyrrole nitrogens is 1. The lowest BCUT2D eigenvalue weighted by Crippen LogP contribution is -2.19. The first-order valence-electron chi connectivity index (χ1n) is 6.30. The minimum Gasteiger partial charge on any atom is -0.506 e. The number of pyridine rings is 1. The van der Waals surface area contributed by atoms with Crippen molar-refractivity contribution in [2.75, 3.05) is 5.43 Å². The molecule has 0 bridgehead atoms. The number of aromatic amines is 1. The van der Waals surface area contributed by atoms with E-state index in [4.69, 9.17) is 5.11 Å². The Morgan fingerprint density at radius 3 is 2.81 bits per heavy atom. The molecule has 0 aliphatic carbocycles. The third kappa shape index (κ3) is 2.03. The molecule has 0 unspecified atom stereocenters. The van der Waals surface area contributed by atoms with Crippen LogP contribution in [0.25, 0.3) is 11.3 Å². The van der Waals surface area contributed by atoms with Crippen LogP contribution in [0.3, 0.4) is 0 Å². The standard InChI is InChI=1S/C14H13N3O4/c1-6-11(16-13(19)10(12(6)18)14(20)21)7-2-3-9-8(4-7)5-15-17-9/h2-4,15,17H,5H2,1H3,(H,20,21)(H2,16,18,19). The minimum absolute atomic E-state index is 0.325. The van der Waals surface area contributed by atoms with E-state index < -0.39 is 22.8 Å². The van der Waals surface area contributed by atoms with Gasteiger partial charge in [-0.05, 0) is 30.2 Å². The maximum atomic E-state index is 11.8. The number of hydrogen-bond donors (Lipinski definition) is 5. The average molecular weight is 287 g/mol. The Hall–Kier alpha value is -2.80. The first-order chi connectivity index (χ1) is 9.99. The molecule has 0 saturated heterocycles. The monoisotopic (exact) mass is 287 g/mol. The Kier molecular flexibility index (Phi) is 2.91. The molecule has 1 aromatic carbocycles. The molecule has 3 rings (SSSR count). The van der Waals surface area contributed by atoms with Crippen LogP contribution in [0.5, 0.6) is 5.75 Å². The number of fused-ring (bicyclic) bond motifs is 1. The second kappa shape index (κ2) is 4.64. The summed E-state index contributed by atoms with van der Waals surface area (Å²) in [5.41, 5.74) is 7.93. The number of aromatic carboxylic acids is 1. The van der Waals surface area contributed by atoms with Crippen molar-refractivity contribution in [3.63, 3.8) is 0 Å². The van der Waals surface area contributed by atoms with Gasteiger partial charge in [0.15, 0.2) is 5.56 Å². The molecular formula is C14H13N3O4. The molecule has 0 amide bonds. The average Bonchev–Trinajstić information content (AvgIpc) is 2.89. The topological polar surface area (TPSA) is 114 Å². The molecule has 0 saturated carbocycles. The van der Waals surface area contributed by atoms with Crippen LogP contribution in [-0.4, -0.2) is 21.2 Å². The van der Waals surface area contributed by atoms with Crippen LogP contribution < -0.4 is 16.4 Å². The third-order valence-electron chi connectivity index (χ3n) is 3.54. The lowest BCUT2D eigenvalue weighted by molar-refractivity contribution is 0.0691. The second-order valence-electron chi connectivity index (χ2n) is 4.83. The summed E-state index contributed by atoms with van der Waals surface area (Å²) in [4.78, 5) is 25.4. The zero-order valence-corrected chi connectivity index (χ0v) is 11.2. The van der Waals surface area contributed by atoms with Crippen LogP contribution in [0.15, 0.2) is 23.0 Å². The molecule has 0 radical (unpaired) electrons. The highest BCUT2D eigenvalue weighted by atomic mass is 16.4. The zero-order chi connectivity index (χ0) is 15.1. The number of rotatable bonds is 2. The number of carboxylic acid groups (broad SMARTS) is 1. The summed E-state index contributed by atoms with van der Waals surface area (Å²) in [5, 5.41) is 18.9. The number of hydrogen-bond acceptors (Lipinski definition) is 5. The lowest BCUT2D eigenvalue weighted by Gasteiger charge is -2.11. The van der Waals surface area contributed by atoms with Gasteiger partial charge in [0.2, 0.25) is 0 Å². The molecule has 0 fully saturated rings. The first-order valence-corrected chi connectivity index (χ1v) is 6.30. The van der Waals surface area contributed by atoms with E-state index in [1.54, 1.807) is 13.0 Å². The van der Waals surface area contributed by atoms with Gasteiger partial charge in [0.25, 0.3) is 5.56 Å². The van der Waals surface area contributed by atoms with Crippen LogP contribution in [0, 0.1) is 6.92 Å². The number of carboxylic acids is 1. The number of hydrazine groups is 1. The smallest absolute Gasteiger partial charge is 0.345 e. The Balaban J connectivity index is 2.20. The van der Waals surface area contributed by atoms with Gasteiger partial charge in [-0.1, -0.05) is 6.07 Å². The predicted molar refractivity (Wildman–Crippen MR) is 76.3 cm³/mol. The van der Waals surface area contributed by atoms with Gasteiger partial charge >= 0.3 is 5.97 Å². The van der Waals surface area contributed by atoms with Gasteiger partial charge in [-0.2, -0.15) is 0 Å². The molecule has 7 nitrogen and oxygen atoms in total. The summed E-state index contributed by atoms with van der Waals surface area (Å²) in [5.74, 6) is -1.95. The highest BCUT2D eigenvalue weighted by molar-refractivity contribution is 5.91. The van der Waals surface area contributed by atoms with Crippen LogP contribution in [-0.2, 0) is 6.54 Å². The normalized spacial score (nSPS) is 12.8. The zero-order valence-electron chi connectivity index (χ0n) is 11.2. The fraction of sp³-hybridized carbons (Fsp3) is 0.143. The highest BCUT2D eigenvalue weighted by Gasteiger charge is 2.21. The van der Waals surface area contributed by atoms with Crippen LogP contribution >= 0.6 is 0 Å². The van der Waals surface area contributed by atoms with Crippen LogP contribution in [0.2, 0.25) is 0 Å². The van der Waals surface area contributed by atoms with Crippen molar-refractivity contribution >= 4 is 11.7 Å². The number of nitrogens with one attached hydrogen (secondary N) is 3. The van der Waals surface area contributed by atoms with E-state index in [2.05, 4.69) is 15.8 Å². The quantitative estimate of drug-likeness (QED) is 0.566. The number of anilines is 1. The largest absolute Gasteiger partial charge is 0.506 e. The van der Waals surface area contributed by atoms with Gasteiger partial charge in [0, 0.05) is 12.1 Å². The van der Waals surface area contributed by atoms with Gasteiger partial charge in [0.05, 0.1) is 11.4 Å². The molecule has 0 spiro atoms. The molecule has 1 aliphatic rings. The summed E-state index contributed by atoms with van der Waals surface area (Å²) < 4.78 is 0. The van der Waals surface area contributed by atoms with Gasteiger partial charge in [-0.25, -0.2) is 10.2 Å². The van der Waals surface area contributed by atoms with Gasteiger partial charge < -0.3 is 20.6 Å². The fourth-order valence-corrected chi connectivity index (χ4v) is 2.42. The maximum Gasteiger partial charge on any atom is 0.345 e. The number of benzene rings is 1. The molecule has 2 aromatic rings. The summed E-state index contributed by atoms with van der Waals surface area (Å²) >= 11 is 0. The van der Waals surface area contributed by atoms with Gasteiger partial charge in [-0.3, -0.25) is 4.79 Å². The van der Waals surface area contributed by atoms with Crippen LogP contribution in [0.4, 0.5) is 5.69 Å². The molecule has 108 valence electrons. The molecule has 5 N–H and O–H groups in total. The van der Waals surface area contributed by atoms with E-state index in [0.29, 0.717) is 23.4 Å². The molecule has 21 heavy (non-hydrogen) atoms. The van der Waals surface area contributed by atoms with E-state index in [9.17, 15) is 14.7 Å². The molecule has 7 heteroatoms. The molecule has 1 aliphatic heterocycles. The van der Waals surface area contributed by atoms with Crippen molar-refractivity contribution in [2.24, 2.45) is 0 Å². The van der Waals surface area contributed by atoms with Crippen molar-refractivity contribution in [2.45, 2.75) is 13.5 Å². The number of aromatic hydroxyl groups is 1. The van der Waals surface area contributed by atoms with E-state index in [0.717, 1.165) is 11.3 Å². The maximum absolute atomic E-state index is 11.8. The van der Waals surface area contributed by atoms with E-state index in [1.165, 1.54) is 0 Å². The summed E-state index contributed by atoms with van der Waals surface area (Å²) in [6, 6.07) is 5.52. The molecule has 2 heterocycles. The van der Waals surface area contributed by atoms with E-state index >= 15 is 0 Å². The molecular weight excluding hydrogens is 274 g/mol. The van der Waals surface area contributed by atoms with Crippen molar-refractivity contribution in [1.29, 1.82) is 0 Å². The minimum atomic E-state index is -1.45. The lowest BCUT2D eigenvalue weighted by atomic mass is 10.0. The Morgan fingerprint density at radius 2 is 2.10 bits per heavy atom. The predicted octanol–water partition coefficient (Wildman–Crippen LogP) is 1.18. The molecule has 1 aromatic heterocycles. The Bertz CT molecular complexity index is 811. The van der Waals surface area contributed by atoms with E-state index in [1.807, 2.05) is 12.1 Å². The van der Waals surface area contributed by atoms with Crippen LogP contribution in [0.1, 0.15) is 21.5 Å². The van der Waals surface area contributed by atoms with Crippen molar-refractivity contribution in [3.8, 4) is 17.0 Å².